The van der Waals surface area contributed by atoms with Gasteiger partial charge in [0.05, 0.1) is 29.4 Å². The molecule has 37 heavy (non-hydrogen) atoms. The molecule has 13 heteroatoms. The van der Waals surface area contributed by atoms with Gasteiger partial charge in [-0.2, -0.15) is 18.3 Å². The molecular weight excluding hydrogens is 536 g/mol. The van der Waals surface area contributed by atoms with E-state index in [9.17, 15) is 18.0 Å². The Morgan fingerprint density at radius 2 is 1.81 bits per heavy atom. The highest BCUT2D eigenvalue weighted by Crippen LogP contribution is 2.42. The van der Waals surface area contributed by atoms with Crippen molar-refractivity contribution in [3.63, 3.8) is 0 Å². The fourth-order valence-corrected chi connectivity index (χ4v) is 4.69. The Morgan fingerprint density at radius 3 is 2.35 bits per heavy atom. The molecule has 2 aromatic carbocycles. The van der Waals surface area contributed by atoms with Gasteiger partial charge in [0.25, 0.3) is 0 Å². The van der Waals surface area contributed by atoms with Crippen molar-refractivity contribution in [2.75, 3.05) is 7.11 Å². The van der Waals surface area contributed by atoms with E-state index in [1.165, 1.54) is 13.2 Å². The van der Waals surface area contributed by atoms with E-state index in [2.05, 4.69) is 10.2 Å². The third-order valence-corrected chi connectivity index (χ3v) is 6.31. The summed E-state index contributed by atoms with van der Waals surface area (Å²) in [6.45, 7) is 4.87. The van der Waals surface area contributed by atoms with Crippen molar-refractivity contribution in [3.8, 4) is 11.4 Å². The van der Waals surface area contributed by atoms with E-state index >= 15 is 4.39 Å². The molecule has 0 saturated heterocycles. The zero-order chi connectivity index (χ0) is 27.1. The van der Waals surface area contributed by atoms with Gasteiger partial charge >= 0.3 is 12.3 Å². The minimum absolute atomic E-state index is 0.161. The van der Waals surface area contributed by atoms with Crippen molar-refractivity contribution >= 4 is 40.4 Å². The number of thioether (sulfide) groups is 1. The number of ether oxygens (including phenoxy) is 2. The Hall–Kier alpha value is -3.25. The second-order valence-corrected chi connectivity index (χ2v) is 10.3. The molecule has 0 aliphatic rings. The predicted octanol–water partition coefficient (Wildman–Crippen LogP) is 7.12. The number of benzene rings is 2. The van der Waals surface area contributed by atoms with E-state index < -0.39 is 40.5 Å². The van der Waals surface area contributed by atoms with E-state index in [-0.39, 0.29) is 15.6 Å². The van der Waals surface area contributed by atoms with Crippen molar-refractivity contribution in [1.29, 1.82) is 0 Å². The minimum atomic E-state index is -4.95. The molecule has 196 valence electrons. The number of nitrogens with zero attached hydrogens (tertiary/aromatic N) is 4. The van der Waals surface area contributed by atoms with Gasteiger partial charge in [0, 0.05) is 11.1 Å². The van der Waals surface area contributed by atoms with Crippen LogP contribution in [-0.4, -0.2) is 38.4 Å². The van der Waals surface area contributed by atoms with E-state index in [4.69, 9.17) is 21.1 Å². The fraction of sp³-hybridized carbons (Fsp3) is 0.292. The summed E-state index contributed by atoms with van der Waals surface area (Å²) in [7, 11) is 1.53. The fourth-order valence-electron chi connectivity index (χ4n) is 3.57. The third kappa shape index (κ3) is 5.69. The monoisotopic (exact) mass is 556 g/mol. The number of carbonyl (C=O) groups excluding carboxylic acids is 1. The van der Waals surface area contributed by atoms with E-state index in [1.807, 2.05) is 0 Å². The van der Waals surface area contributed by atoms with Gasteiger partial charge in [-0.3, -0.25) is 0 Å². The molecule has 0 aliphatic heterocycles. The molecule has 0 N–H and O–H groups in total. The van der Waals surface area contributed by atoms with Crippen LogP contribution < -0.4 is 4.74 Å². The summed E-state index contributed by atoms with van der Waals surface area (Å²) in [5.41, 5.74) is -2.40. The predicted molar refractivity (Wildman–Crippen MR) is 131 cm³/mol. The first-order chi connectivity index (χ1) is 17.3. The highest BCUT2D eigenvalue weighted by molar-refractivity contribution is 7.98. The van der Waals surface area contributed by atoms with Crippen LogP contribution in [0, 0.1) is 5.82 Å². The molecule has 0 radical (unpaired) electrons. The van der Waals surface area contributed by atoms with Crippen LogP contribution in [0.2, 0.25) is 5.15 Å². The average Bonchev–Trinajstić information content (AvgIpc) is 3.40. The molecule has 0 aliphatic carbocycles. The highest BCUT2D eigenvalue weighted by atomic mass is 35.5. The van der Waals surface area contributed by atoms with Crippen LogP contribution in [0.3, 0.4) is 0 Å². The maximum Gasteiger partial charge on any atom is 0.420 e. The maximum atomic E-state index is 15.4. The molecule has 2 aromatic heterocycles. The molecule has 0 atom stereocenters. The number of halogens is 5. The molecule has 0 fully saturated rings. The zero-order valence-electron chi connectivity index (χ0n) is 20.1. The number of alkyl halides is 3. The van der Waals surface area contributed by atoms with Gasteiger partial charge in [0.1, 0.15) is 22.9 Å². The molecule has 0 spiro atoms. The molecule has 0 unspecified atom stereocenters. The Morgan fingerprint density at radius 1 is 1.14 bits per heavy atom. The molecule has 2 heterocycles. The SMILES string of the molecule is COc1ccc(CSc2cc3c(-n4ncc(Cl)n4)c(C(F)(F)F)cc(F)c3n2C(=O)OC(C)(C)C)cc1. The summed E-state index contributed by atoms with van der Waals surface area (Å²) < 4.78 is 68.9. The average molecular weight is 557 g/mol. The van der Waals surface area contributed by atoms with Crippen LogP contribution in [0.25, 0.3) is 16.6 Å². The Bertz CT molecular complexity index is 1460. The summed E-state index contributed by atoms with van der Waals surface area (Å²) in [6, 6.07) is 8.71. The van der Waals surface area contributed by atoms with Gasteiger partial charge in [-0.25, -0.2) is 13.8 Å². The quantitative estimate of drug-likeness (QED) is 0.193. The van der Waals surface area contributed by atoms with Gasteiger partial charge in [-0.05, 0) is 50.6 Å². The second kappa shape index (κ2) is 9.90. The van der Waals surface area contributed by atoms with Crippen molar-refractivity contribution in [1.82, 2.24) is 19.6 Å². The summed E-state index contributed by atoms with van der Waals surface area (Å²) in [4.78, 5) is 13.9. The van der Waals surface area contributed by atoms with E-state index in [0.717, 1.165) is 28.1 Å². The lowest BCUT2D eigenvalue weighted by Gasteiger charge is -2.21. The van der Waals surface area contributed by atoms with Gasteiger partial charge < -0.3 is 9.47 Å². The number of methoxy groups -OCH3 is 1. The molecule has 0 bridgehead atoms. The lowest BCUT2D eigenvalue weighted by Crippen LogP contribution is -2.27. The minimum Gasteiger partial charge on any atom is -0.497 e. The Balaban J connectivity index is 1.94. The molecule has 0 amide bonds. The molecule has 4 rings (SSSR count). The first-order valence-electron chi connectivity index (χ1n) is 10.8. The largest absolute Gasteiger partial charge is 0.497 e. The normalized spacial score (nSPS) is 12.2. The van der Waals surface area contributed by atoms with Crippen LogP contribution in [-0.2, 0) is 16.7 Å². The van der Waals surface area contributed by atoms with Crippen molar-refractivity contribution in [2.24, 2.45) is 0 Å². The number of aromatic nitrogens is 4. The number of hydrogen-bond acceptors (Lipinski definition) is 6. The van der Waals surface area contributed by atoms with E-state index in [0.29, 0.717) is 22.4 Å². The number of rotatable bonds is 5. The summed E-state index contributed by atoms with van der Waals surface area (Å²) >= 11 is 6.94. The lowest BCUT2D eigenvalue weighted by molar-refractivity contribution is -0.137. The first kappa shape index (κ1) is 26.8. The second-order valence-electron chi connectivity index (χ2n) is 8.91. The van der Waals surface area contributed by atoms with Crippen LogP contribution >= 0.6 is 23.4 Å². The standard InChI is InChI=1S/C24H21ClF4N4O3S/c1-23(2,3)36-22(34)32-19(37-12-13-5-7-14(35-4)8-6-13)9-15-20(33-30-11-18(25)31-33)16(24(27,28)29)10-17(26)21(15)32/h5-11H,12H2,1-4H3. The molecule has 4 aromatic rings. The topological polar surface area (TPSA) is 71.2 Å². The summed E-state index contributed by atoms with van der Waals surface area (Å²) in [6.07, 6.45) is -4.84. The van der Waals surface area contributed by atoms with Crippen molar-refractivity contribution in [2.45, 2.75) is 43.3 Å². The Kier molecular flexibility index (Phi) is 7.17. The van der Waals surface area contributed by atoms with Crippen molar-refractivity contribution in [3.05, 3.63) is 64.7 Å². The Labute approximate surface area is 218 Å². The molecule has 0 saturated carbocycles. The summed E-state index contributed by atoms with van der Waals surface area (Å²) in [5.74, 6) is -0.294. The van der Waals surface area contributed by atoms with Gasteiger partial charge in [0.15, 0.2) is 5.15 Å². The first-order valence-corrected chi connectivity index (χ1v) is 12.2. The zero-order valence-corrected chi connectivity index (χ0v) is 21.6. The van der Waals surface area contributed by atoms with Gasteiger partial charge in [-0.1, -0.05) is 23.7 Å². The smallest absolute Gasteiger partial charge is 0.420 e. The van der Waals surface area contributed by atoms with Gasteiger partial charge in [-0.15, -0.1) is 21.7 Å². The van der Waals surface area contributed by atoms with Crippen LogP contribution in [0.1, 0.15) is 31.9 Å². The molecule has 7 nitrogen and oxygen atoms in total. The highest BCUT2D eigenvalue weighted by Gasteiger charge is 2.38. The van der Waals surface area contributed by atoms with Crippen LogP contribution in [0.4, 0.5) is 22.4 Å². The van der Waals surface area contributed by atoms with Gasteiger partial charge in [0.2, 0.25) is 0 Å². The van der Waals surface area contributed by atoms with Crippen molar-refractivity contribution < 1.29 is 31.8 Å². The third-order valence-electron chi connectivity index (χ3n) is 5.07. The maximum absolute atomic E-state index is 15.4. The van der Waals surface area contributed by atoms with E-state index in [1.54, 1.807) is 45.0 Å². The number of hydrogen-bond donors (Lipinski definition) is 0. The lowest BCUT2D eigenvalue weighted by atomic mass is 10.1. The van der Waals surface area contributed by atoms with Crippen LogP contribution in [0.15, 0.2) is 47.6 Å². The number of carbonyl (C=O) groups is 1. The summed E-state index contributed by atoms with van der Waals surface area (Å²) in [5, 5.41) is 7.36. The van der Waals surface area contributed by atoms with Crippen LogP contribution in [0.5, 0.6) is 5.75 Å². The number of fused-ring (bicyclic) bond motifs is 1. The molecular formula is C24H21ClF4N4O3S.